The molecule has 0 amide bonds. The van der Waals surface area contributed by atoms with Crippen LogP contribution in [-0.4, -0.2) is 28.0 Å². The Morgan fingerprint density at radius 2 is 1.81 bits per heavy atom. The number of carbonyl (C=O) groups is 2. The highest BCUT2D eigenvalue weighted by atomic mass is 16.4. The number of allylic oxidation sites excluding steroid dienone is 1. The highest BCUT2D eigenvalue weighted by Gasteiger charge is 2.51. The van der Waals surface area contributed by atoms with Crippen LogP contribution in [0.3, 0.4) is 0 Å². The molecule has 0 fully saturated rings. The lowest BCUT2D eigenvalue weighted by molar-refractivity contribution is -0.145. The fraction of sp³-hybridized carbons (Fsp3) is 0.267. The normalized spacial score (nSPS) is 25.4. The van der Waals surface area contributed by atoms with Gasteiger partial charge in [-0.25, -0.2) is 9.79 Å². The van der Waals surface area contributed by atoms with Crippen LogP contribution < -0.4 is 5.73 Å². The van der Waals surface area contributed by atoms with E-state index in [9.17, 15) is 19.8 Å². The number of amidine groups is 1. The zero-order valence-electron chi connectivity index (χ0n) is 11.7. The molecule has 4 N–H and O–H groups in total. The number of hydrogen-bond acceptors (Lipinski definition) is 4. The quantitative estimate of drug-likeness (QED) is 0.781. The van der Waals surface area contributed by atoms with E-state index in [1.807, 2.05) is 0 Å². The van der Waals surface area contributed by atoms with Gasteiger partial charge in [0.25, 0.3) is 0 Å². The van der Waals surface area contributed by atoms with Crippen molar-refractivity contribution in [2.24, 2.45) is 16.1 Å². The Kier molecular flexibility index (Phi) is 3.55. The molecule has 2 rings (SSSR count). The molecular weight excluding hydrogens is 272 g/mol. The lowest BCUT2D eigenvalue weighted by atomic mass is 9.67. The van der Waals surface area contributed by atoms with E-state index in [0.717, 1.165) is 0 Å². The predicted molar refractivity (Wildman–Crippen MR) is 76.9 cm³/mol. The van der Waals surface area contributed by atoms with Gasteiger partial charge in [-0.05, 0) is 19.4 Å². The molecule has 110 valence electrons. The van der Waals surface area contributed by atoms with E-state index in [-0.39, 0.29) is 17.1 Å². The minimum atomic E-state index is -1.60. The summed E-state index contributed by atoms with van der Waals surface area (Å²) in [7, 11) is 0. The minimum Gasteiger partial charge on any atom is -0.480 e. The maximum absolute atomic E-state index is 11.8. The van der Waals surface area contributed by atoms with E-state index in [1.54, 1.807) is 30.3 Å². The zero-order chi connectivity index (χ0) is 15.8. The highest BCUT2D eigenvalue weighted by Crippen LogP contribution is 2.46. The maximum atomic E-state index is 11.8. The van der Waals surface area contributed by atoms with Gasteiger partial charge in [0.15, 0.2) is 0 Å². The number of hydrogen-bond donors (Lipinski definition) is 3. The maximum Gasteiger partial charge on any atom is 0.334 e. The van der Waals surface area contributed by atoms with Crippen LogP contribution in [0.1, 0.15) is 25.3 Å². The number of nitrogens with zero attached hydrogens (tertiary/aromatic N) is 1. The molecule has 2 atom stereocenters. The third-order valence-electron chi connectivity index (χ3n) is 3.88. The number of carboxylic acid groups (broad SMARTS) is 2. The smallest absolute Gasteiger partial charge is 0.334 e. The topological polar surface area (TPSA) is 113 Å². The molecule has 6 nitrogen and oxygen atoms in total. The second-order valence-electron chi connectivity index (χ2n) is 5.15. The van der Waals surface area contributed by atoms with Crippen LogP contribution in [-0.2, 0) is 9.59 Å². The van der Waals surface area contributed by atoms with Crippen molar-refractivity contribution in [1.82, 2.24) is 0 Å². The number of rotatable bonds is 3. The minimum absolute atomic E-state index is 0.0414. The molecule has 0 spiro atoms. The Labute approximate surface area is 121 Å². The van der Waals surface area contributed by atoms with Crippen LogP contribution in [0, 0.1) is 5.41 Å². The molecule has 1 aromatic carbocycles. The third-order valence-corrected chi connectivity index (χ3v) is 3.88. The molecule has 0 bridgehead atoms. The van der Waals surface area contributed by atoms with Gasteiger partial charge in [0.2, 0.25) is 0 Å². The summed E-state index contributed by atoms with van der Waals surface area (Å²) >= 11 is 0. The van der Waals surface area contributed by atoms with Crippen LogP contribution in [0.2, 0.25) is 0 Å². The first-order chi connectivity index (χ1) is 9.80. The molecule has 1 aromatic rings. The van der Waals surface area contributed by atoms with Crippen LogP contribution >= 0.6 is 0 Å². The van der Waals surface area contributed by atoms with E-state index in [2.05, 4.69) is 4.99 Å². The molecule has 1 aliphatic heterocycles. The molecule has 1 heterocycles. The van der Waals surface area contributed by atoms with Gasteiger partial charge >= 0.3 is 11.9 Å². The molecule has 0 aromatic heterocycles. The van der Waals surface area contributed by atoms with E-state index in [1.165, 1.54) is 13.8 Å². The molecule has 0 aliphatic carbocycles. The summed E-state index contributed by atoms with van der Waals surface area (Å²) in [4.78, 5) is 27.3. The fourth-order valence-corrected chi connectivity index (χ4v) is 2.66. The first-order valence-corrected chi connectivity index (χ1v) is 6.37. The average Bonchev–Trinajstić information content (AvgIpc) is 2.42. The van der Waals surface area contributed by atoms with E-state index in [0.29, 0.717) is 5.56 Å². The monoisotopic (exact) mass is 288 g/mol. The van der Waals surface area contributed by atoms with Crippen molar-refractivity contribution in [2.75, 3.05) is 0 Å². The summed E-state index contributed by atoms with van der Waals surface area (Å²) in [5.41, 5.74) is 5.00. The predicted octanol–water partition coefficient (Wildman–Crippen LogP) is 1.59. The van der Waals surface area contributed by atoms with E-state index in [4.69, 9.17) is 5.73 Å². The molecule has 1 aliphatic rings. The second kappa shape index (κ2) is 5.05. The van der Waals surface area contributed by atoms with Crippen molar-refractivity contribution in [3.05, 3.63) is 47.2 Å². The standard InChI is InChI=1S/C15H16N2O4/c1-8-10(12(18)19)11(9-6-4-3-5-7-9)15(2,14(20)21)13(16)17-8/h3-7,11H,1-2H3,(H2,16,17)(H,18,19)(H,20,21). The van der Waals surface area contributed by atoms with E-state index >= 15 is 0 Å². The Balaban J connectivity index is 2.77. The van der Waals surface area contributed by atoms with Crippen LogP contribution in [0.4, 0.5) is 0 Å². The number of benzene rings is 1. The molecule has 0 radical (unpaired) electrons. The molecule has 21 heavy (non-hydrogen) atoms. The summed E-state index contributed by atoms with van der Waals surface area (Å²) in [6.45, 7) is 2.93. The van der Waals surface area contributed by atoms with Gasteiger partial charge in [-0.2, -0.15) is 0 Å². The number of nitrogens with two attached hydrogens (primary N) is 1. The number of carboxylic acids is 2. The van der Waals surface area contributed by atoms with E-state index < -0.39 is 23.3 Å². The highest BCUT2D eigenvalue weighted by molar-refractivity contribution is 6.09. The summed E-state index contributed by atoms with van der Waals surface area (Å²) in [6, 6.07) is 8.63. The lowest BCUT2D eigenvalue weighted by Gasteiger charge is -2.37. The molecule has 0 saturated heterocycles. The van der Waals surface area contributed by atoms with Crippen molar-refractivity contribution >= 4 is 17.8 Å². The number of aliphatic carboxylic acids is 2. The third kappa shape index (κ3) is 2.18. The van der Waals surface area contributed by atoms with Gasteiger partial charge in [0, 0.05) is 5.92 Å². The van der Waals surface area contributed by atoms with Gasteiger partial charge in [0.1, 0.15) is 11.3 Å². The first kappa shape index (κ1) is 14.8. The number of aliphatic imine (C=N–C) groups is 1. The summed E-state index contributed by atoms with van der Waals surface area (Å²) in [5.74, 6) is -3.38. The van der Waals surface area contributed by atoms with Crippen LogP contribution in [0.5, 0.6) is 0 Å². The fourth-order valence-electron chi connectivity index (χ4n) is 2.66. The van der Waals surface area contributed by atoms with Crippen molar-refractivity contribution in [3.8, 4) is 0 Å². The SMILES string of the molecule is CC1=C(C(=O)O)C(c2ccccc2)C(C)(C(=O)O)C(N)=N1. The van der Waals surface area contributed by atoms with Crippen LogP contribution in [0.15, 0.2) is 46.6 Å². The van der Waals surface area contributed by atoms with Gasteiger partial charge in [-0.15, -0.1) is 0 Å². The van der Waals surface area contributed by atoms with Crippen LogP contribution in [0.25, 0.3) is 0 Å². The molecular formula is C15H16N2O4. The zero-order valence-corrected chi connectivity index (χ0v) is 11.7. The average molecular weight is 288 g/mol. The van der Waals surface area contributed by atoms with Gasteiger partial charge in [-0.3, -0.25) is 4.79 Å². The van der Waals surface area contributed by atoms with Crippen molar-refractivity contribution < 1.29 is 19.8 Å². The van der Waals surface area contributed by atoms with Crippen molar-refractivity contribution in [1.29, 1.82) is 0 Å². The van der Waals surface area contributed by atoms with Gasteiger partial charge in [-0.1, -0.05) is 30.3 Å². The van der Waals surface area contributed by atoms with Crippen molar-refractivity contribution in [2.45, 2.75) is 19.8 Å². The van der Waals surface area contributed by atoms with Crippen molar-refractivity contribution in [3.63, 3.8) is 0 Å². The Morgan fingerprint density at radius 1 is 1.24 bits per heavy atom. The molecule has 2 unspecified atom stereocenters. The Hall–Kier alpha value is -2.63. The summed E-state index contributed by atoms with van der Waals surface area (Å²) < 4.78 is 0. The largest absolute Gasteiger partial charge is 0.480 e. The Bertz CT molecular complexity index is 664. The Morgan fingerprint density at radius 3 is 2.29 bits per heavy atom. The second-order valence-corrected chi connectivity index (χ2v) is 5.15. The molecule has 6 heteroatoms. The summed E-state index contributed by atoms with van der Waals surface area (Å²) in [5, 5.41) is 19.1. The summed E-state index contributed by atoms with van der Waals surface area (Å²) in [6.07, 6.45) is 0. The lowest BCUT2D eigenvalue weighted by Crippen LogP contribution is -2.49. The van der Waals surface area contributed by atoms with Gasteiger partial charge < -0.3 is 15.9 Å². The molecule has 0 saturated carbocycles. The first-order valence-electron chi connectivity index (χ1n) is 6.37. The van der Waals surface area contributed by atoms with Gasteiger partial charge in [0.05, 0.1) is 11.3 Å².